The molecule has 35 heavy (non-hydrogen) atoms. The molecule has 1 saturated heterocycles. The first-order valence-corrected chi connectivity index (χ1v) is 11.6. The van der Waals surface area contributed by atoms with Gasteiger partial charge in [0.05, 0.1) is 18.7 Å². The Balaban J connectivity index is 1.94. The summed E-state index contributed by atoms with van der Waals surface area (Å²) < 4.78 is 6.22. The molecule has 0 aliphatic carbocycles. The lowest BCUT2D eigenvalue weighted by Crippen LogP contribution is -2.29. The molecule has 178 valence electrons. The molecule has 3 aromatic rings. The second-order valence-corrected chi connectivity index (χ2v) is 9.00. The van der Waals surface area contributed by atoms with Gasteiger partial charge < -0.3 is 15.2 Å². The number of aliphatic hydroxyl groups is 1. The number of anilines is 2. The molecular formula is C27H23BrN2O5. The Morgan fingerprint density at radius 3 is 2.49 bits per heavy atom. The molecule has 1 atom stereocenters. The first-order valence-electron chi connectivity index (χ1n) is 10.8. The first-order chi connectivity index (χ1) is 16.7. The van der Waals surface area contributed by atoms with E-state index in [-0.39, 0.29) is 17.2 Å². The third-order valence-electron chi connectivity index (χ3n) is 5.73. The minimum absolute atomic E-state index is 0.0325. The molecule has 1 aliphatic heterocycles. The zero-order chi connectivity index (χ0) is 25.3. The van der Waals surface area contributed by atoms with Crippen LogP contribution in [0.4, 0.5) is 11.4 Å². The zero-order valence-electron chi connectivity index (χ0n) is 19.3. The Morgan fingerprint density at radius 1 is 1.06 bits per heavy atom. The number of ether oxygens (including phenoxy) is 1. The predicted molar refractivity (Wildman–Crippen MR) is 137 cm³/mol. The molecule has 3 aromatic carbocycles. The van der Waals surface area contributed by atoms with Gasteiger partial charge in [0.25, 0.3) is 11.7 Å². The van der Waals surface area contributed by atoms with E-state index in [2.05, 4.69) is 21.2 Å². The molecule has 7 nitrogen and oxygen atoms in total. The van der Waals surface area contributed by atoms with Crippen molar-refractivity contribution in [3.05, 3.63) is 93.5 Å². The molecule has 1 unspecified atom stereocenters. The van der Waals surface area contributed by atoms with Crippen molar-refractivity contribution in [1.82, 2.24) is 0 Å². The van der Waals surface area contributed by atoms with Crippen LogP contribution in [0.5, 0.6) is 5.75 Å². The van der Waals surface area contributed by atoms with E-state index in [1.54, 1.807) is 66.7 Å². The van der Waals surface area contributed by atoms with E-state index in [1.165, 1.54) is 18.9 Å². The average molecular weight is 535 g/mol. The molecule has 0 spiro atoms. The Kier molecular flexibility index (Phi) is 6.75. The number of Topliss-reactive ketones (excluding diaryl/α,β-unsaturated/α-hetero) is 1. The van der Waals surface area contributed by atoms with Gasteiger partial charge >= 0.3 is 0 Å². The van der Waals surface area contributed by atoms with E-state index in [9.17, 15) is 19.5 Å². The van der Waals surface area contributed by atoms with Crippen LogP contribution < -0.4 is 15.0 Å². The van der Waals surface area contributed by atoms with Crippen LogP contribution >= 0.6 is 15.9 Å². The van der Waals surface area contributed by atoms with Gasteiger partial charge in [-0.05, 0) is 60.5 Å². The fourth-order valence-electron chi connectivity index (χ4n) is 4.11. The highest BCUT2D eigenvalue weighted by Crippen LogP contribution is 2.43. The zero-order valence-corrected chi connectivity index (χ0v) is 20.9. The number of carbonyl (C=O) groups excluding carboxylic acids is 3. The van der Waals surface area contributed by atoms with Crippen LogP contribution in [0.15, 0.2) is 76.8 Å². The number of nitrogens with one attached hydrogen (secondary N) is 1. The molecule has 4 rings (SSSR count). The molecule has 0 radical (unpaired) electrons. The predicted octanol–water partition coefficient (Wildman–Crippen LogP) is 5.35. The van der Waals surface area contributed by atoms with Gasteiger partial charge in [-0.1, -0.05) is 40.2 Å². The third kappa shape index (κ3) is 4.70. The Labute approximate surface area is 211 Å². The summed E-state index contributed by atoms with van der Waals surface area (Å²) >= 11 is 3.44. The number of aryl methyl sites for hydroxylation is 1. The summed E-state index contributed by atoms with van der Waals surface area (Å²) in [7, 11) is 1.53. The standard InChI is InChI=1S/C27H23BrN2O5/c1-15-12-18(10-11-22(15)28)25(32)23-24(17-6-4-9-21(13-17)35-3)30(27(34)26(23)33)20-8-5-7-19(14-20)29-16(2)31/h4-14,24,32H,1-3H3,(H,29,31)/b25-23+. The lowest BCUT2D eigenvalue weighted by Gasteiger charge is -2.26. The minimum atomic E-state index is -0.915. The van der Waals surface area contributed by atoms with E-state index in [0.717, 1.165) is 10.0 Å². The smallest absolute Gasteiger partial charge is 0.300 e. The molecule has 0 saturated carbocycles. The molecule has 2 amide bonds. The van der Waals surface area contributed by atoms with Crippen molar-refractivity contribution in [2.75, 3.05) is 17.3 Å². The molecular weight excluding hydrogens is 512 g/mol. The van der Waals surface area contributed by atoms with Gasteiger partial charge in [0.1, 0.15) is 11.5 Å². The van der Waals surface area contributed by atoms with Crippen molar-refractivity contribution in [1.29, 1.82) is 0 Å². The summed E-state index contributed by atoms with van der Waals surface area (Å²) in [5, 5.41) is 14.0. The normalized spacial score (nSPS) is 16.9. The Morgan fingerprint density at radius 2 is 1.80 bits per heavy atom. The van der Waals surface area contributed by atoms with Crippen LogP contribution in [-0.4, -0.2) is 29.8 Å². The maximum absolute atomic E-state index is 13.3. The van der Waals surface area contributed by atoms with E-state index in [4.69, 9.17) is 4.74 Å². The fraction of sp³-hybridized carbons (Fsp3) is 0.148. The molecule has 8 heteroatoms. The number of amides is 2. The molecule has 1 aliphatic rings. The Bertz CT molecular complexity index is 1380. The molecule has 1 fully saturated rings. The van der Waals surface area contributed by atoms with E-state index in [1.807, 2.05) is 6.92 Å². The highest BCUT2D eigenvalue weighted by molar-refractivity contribution is 9.10. The van der Waals surface area contributed by atoms with Gasteiger partial charge in [-0.25, -0.2) is 0 Å². The summed E-state index contributed by atoms with van der Waals surface area (Å²) in [4.78, 5) is 39.6. The monoisotopic (exact) mass is 534 g/mol. The lowest BCUT2D eigenvalue weighted by molar-refractivity contribution is -0.132. The number of rotatable bonds is 5. The number of halogens is 1. The molecule has 0 aromatic heterocycles. The Hall–Kier alpha value is -3.91. The van der Waals surface area contributed by atoms with Crippen LogP contribution in [0.2, 0.25) is 0 Å². The SMILES string of the molecule is COc1cccc(C2/C(=C(\O)c3ccc(Br)c(C)c3)C(=O)C(=O)N2c2cccc(NC(C)=O)c2)c1. The van der Waals surface area contributed by atoms with Crippen molar-refractivity contribution >= 4 is 50.7 Å². The van der Waals surface area contributed by atoms with Gasteiger partial charge in [-0.15, -0.1) is 0 Å². The molecule has 1 heterocycles. The van der Waals surface area contributed by atoms with Crippen molar-refractivity contribution < 1.29 is 24.2 Å². The number of ketones is 1. The molecule has 0 bridgehead atoms. The number of hydrogen-bond acceptors (Lipinski definition) is 5. The second kappa shape index (κ2) is 9.76. The first kappa shape index (κ1) is 24.2. The average Bonchev–Trinajstić information content (AvgIpc) is 3.10. The van der Waals surface area contributed by atoms with Crippen LogP contribution in [0.25, 0.3) is 5.76 Å². The number of aliphatic hydroxyl groups excluding tert-OH is 1. The van der Waals surface area contributed by atoms with Crippen LogP contribution in [-0.2, 0) is 14.4 Å². The second-order valence-electron chi connectivity index (χ2n) is 8.14. The topological polar surface area (TPSA) is 95.9 Å². The van der Waals surface area contributed by atoms with Crippen molar-refractivity contribution in [2.24, 2.45) is 0 Å². The van der Waals surface area contributed by atoms with Crippen LogP contribution in [0, 0.1) is 6.92 Å². The summed E-state index contributed by atoms with van der Waals surface area (Å²) in [6, 6.07) is 17.9. The quantitative estimate of drug-likeness (QED) is 0.261. The van der Waals surface area contributed by atoms with Crippen molar-refractivity contribution in [3.8, 4) is 5.75 Å². The number of nitrogens with zero attached hydrogens (tertiary/aromatic N) is 1. The maximum Gasteiger partial charge on any atom is 0.300 e. The highest BCUT2D eigenvalue weighted by atomic mass is 79.9. The van der Waals surface area contributed by atoms with E-state index in [0.29, 0.717) is 28.3 Å². The van der Waals surface area contributed by atoms with Gasteiger partial charge in [-0.2, -0.15) is 0 Å². The van der Waals surface area contributed by atoms with Gasteiger partial charge in [0.2, 0.25) is 5.91 Å². The van der Waals surface area contributed by atoms with Crippen LogP contribution in [0.3, 0.4) is 0 Å². The fourth-order valence-corrected chi connectivity index (χ4v) is 4.36. The molecule has 2 N–H and O–H groups in total. The van der Waals surface area contributed by atoms with Crippen molar-refractivity contribution in [2.45, 2.75) is 19.9 Å². The van der Waals surface area contributed by atoms with Gasteiger partial charge in [-0.3, -0.25) is 19.3 Å². The summed E-state index contributed by atoms with van der Waals surface area (Å²) in [5.74, 6) is -1.58. The van der Waals surface area contributed by atoms with Gasteiger partial charge in [0.15, 0.2) is 0 Å². The largest absolute Gasteiger partial charge is 0.507 e. The maximum atomic E-state index is 13.3. The van der Waals surface area contributed by atoms with Gasteiger partial charge in [0, 0.05) is 28.3 Å². The van der Waals surface area contributed by atoms with E-state index < -0.39 is 17.7 Å². The van der Waals surface area contributed by atoms with Crippen molar-refractivity contribution in [3.63, 3.8) is 0 Å². The summed E-state index contributed by atoms with van der Waals surface area (Å²) in [6.45, 7) is 3.25. The highest BCUT2D eigenvalue weighted by Gasteiger charge is 2.47. The minimum Gasteiger partial charge on any atom is -0.507 e. The summed E-state index contributed by atoms with van der Waals surface area (Å²) in [6.07, 6.45) is 0. The number of benzene rings is 3. The van der Waals surface area contributed by atoms with Crippen LogP contribution in [0.1, 0.15) is 29.7 Å². The lowest BCUT2D eigenvalue weighted by atomic mass is 9.94. The third-order valence-corrected chi connectivity index (χ3v) is 6.62. The number of carbonyl (C=O) groups is 3. The van der Waals surface area contributed by atoms with E-state index >= 15 is 0 Å². The number of methoxy groups -OCH3 is 1. The number of hydrogen-bond donors (Lipinski definition) is 2. The summed E-state index contributed by atoms with van der Waals surface area (Å²) in [5.41, 5.74) is 2.72.